The summed E-state index contributed by atoms with van der Waals surface area (Å²) in [4.78, 5) is 12.1. The van der Waals surface area contributed by atoms with Gasteiger partial charge in [0.05, 0.1) is 6.61 Å². The van der Waals surface area contributed by atoms with Crippen LogP contribution in [0.1, 0.15) is 117 Å². The Morgan fingerprint density at radius 2 is 1.26 bits per heavy atom. The maximum absolute atomic E-state index is 12.1. The Labute approximate surface area is 169 Å². The van der Waals surface area contributed by atoms with E-state index in [9.17, 15) is 4.79 Å². The normalized spacial score (nSPS) is 11.7. The van der Waals surface area contributed by atoms with Crippen LogP contribution in [-0.2, 0) is 14.3 Å². The zero-order valence-corrected chi connectivity index (χ0v) is 18.3. The van der Waals surface area contributed by atoms with Crippen molar-refractivity contribution >= 4 is 5.97 Å². The van der Waals surface area contributed by atoms with E-state index in [1.807, 2.05) is 0 Å². The minimum atomic E-state index is -0.524. The number of carbonyl (C=O) groups is 1. The number of unbranched alkanes of at least 4 members (excludes halogenated alkanes) is 11. The highest BCUT2D eigenvalue weighted by Gasteiger charge is 2.19. The molecular formula is C24H44O3. The van der Waals surface area contributed by atoms with Crippen LogP contribution < -0.4 is 0 Å². The summed E-state index contributed by atoms with van der Waals surface area (Å²) in [5.41, 5.74) is 0. The molecule has 3 heteroatoms. The molecule has 0 aliphatic heterocycles. The highest BCUT2D eigenvalue weighted by molar-refractivity contribution is 5.75. The maximum atomic E-state index is 12.1. The van der Waals surface area contributed by atoms with Crippen molar-refractivity contribution in [3.63, 3.8) is 0 Å². The van der Waals surface area contributed by atoms with E-state index in [0.717, 1.165) is 38.5 Å². The summed E-state index contributed by atoms with van der Waals surface area (Å²) < 4.78 is 11.0. The van der Waals surface area contributed by atoms with E-state index < -0.39 is 6.10 Å². The van der Waals surface area contributed by atoms with Gasteiger partial charge in [-0.2, -0.15) is 0 Å². The molecule has 158 valence electrons. The SMILES string of the molecule is CCCCCCCCCCCC#CCC(OCCCC)C(=O)OCCCC. The number of hydrogen-bond acceptors (Lipinski definition) is 3. The zero-order chi connectivity index (χ0) is 20.0. The first-order chi connectivity index (χ1) is 13.3. The molecule has 0 amide bonds. The van der Waals surface area contributed by atoms with Gasteiger partial charge in [-0.05, 0) is 19.3 Å². The van der Waals surface area contributed by atoms with Gasteiger partial charge in [-0.1, -0.05) is 90.9 Å². The summed E-state index contributed by atoms with van der Waals surface area (Å²) in [5, 5.41) is 0. The molecule has 1 unspecified atom stereocenters. The molecular weight excluding hydrogens is 336 g/mol. The van der Waals surface area contributed by atoms with E-state index in [-0.39, 0.29) is 5.97 Å². The summed E-state index contributed by atoms with van der Waals surface area (Å²) in [5.74, 6) is 6.09. The minimum Gasteiger partial charge on any atom is -0.464 e. The third-order valence-corrected chi connectivity index (χ3v) is 4.64. The fourth-order valence-corrected chi connectivity index (χ4v) is 2.77. The largest absolute Gasteiger partial charge is 0.464 e. The summed E-state index contributed by atoms with van der Waals surface area (Å²) >= 11 is 0. The molecule has 0 bridgehead atoms. The number of ether oxygens (including phenoxy) is 2. The van der Waals surface area contributed by atoms with Crippen molar-refractivity contribution in [2.24, 2.45) is 0 Å². The van der Waals surface area contributed by atoms with Crippen molar-refractivity contribution in [2.75, 3.05) is 13.2 Å². The second-order valence-electron chi connectivity index (χ2n) is 7.37. The highest BCUT2D eigenvalue weighted by atomic mass is 16.6. The lowest BCUT2D eigenvalue weighted by Crippen LogP contribution is -2.27. The lowest BCUT2D eigenvalue weighted by atomic mass is 10.1. The minimum absolute atomic E-state index is 0.253. The van der Waals surface area contributed by atoms with E-state index >= 15 is 0 Å². The van der Waals surface area contributed by atoms with Crippen LogP contribution in [0.4, 0.5) is 0 Å². The predicted molar refractivity (Wildman–Crippen MR) is 115 cm³/mol. The lowest BCUT2D eigenvalue weighted by Gasteiger charge is -2.14. The molecule has 0 N–H and O–H groups in total. The average molecular weight is 381 g/mol. The molecule has 0 rings (SSSR count). The molecule has 27 heavy (non-hydrogen) atoms. The highest BCUT2D eigenvalue weighted by Crippen LogP contribution is 2.10. The van der Waals surface area contributed by atoms with Crippen molar-refractivity contribution < 1.29 is 14.3 Å². The van der Waals surface area contributed by atoms with Crippen molar-refractivity contribution in [3.8, 4) is 11.8 Å². The summed E-state index contributed by atoms with van der Waals surface area (Å²) in [7, 11) is 0. The Morgan fingerprint density at radius 1 is 0.704 bits per heavy atom. The van der Waals surface area contributed by atoms with E-state index in [4.69, 9.17) is 9.47 Å². The first-order valence-electron chi connectivity index (χ1n) is 11.5. The molecule has 0 aromatic rings. The van der Waals surface area contributed by atoms with E-state index in [0.29, 0.717) is 19.6 Å². The molecule has 0 fully saturated rings. The van der Waals surface area contributed by atoms with Gasteiger partial charge in [-0.3, -0.25) is 0 Å². The van der Waals surface area contributed by atoms with Crippen LogP contribution in [0, 0.1) is 11.8 Å². The number of hydrogen-bond donors (Lipinski definition) is 0. The van der Waals surface area contributed by atoms with Gasteiger partial charge < -0.3 is 9.47 Å². The van der Waals surface area contributed by atoms with Crippen molar-refractivity contribution in [1.82, 2.24) is 0 Å². The Hall–Kier alpha value is -1.01. The van der Waals surface area contributed by atoms with Crippen LogP contribution in [-0.4, -0.2) is 25.3 Å². The standard InChI is InChI=1S/C24H44O3/c1-4-7-10-11-12-13-14-15-16-17-18-19-20-23(26-21-8-5-2)24(25)27-22-9-6-3/h23H,4-17,20-22H2,1-3H3. The van der Waals surface area contributed by atoms with Crippen LogP contribution >= 0.6 is 0 Å². The molecule has 0 aliphatic carbocycles. The first-order valence-corrected chi connectivity index (χ1v) is 11.5. The average Bonchev–Trinajstić information content (AvgIpc) is 2.67. The van der Waals surface area contributed by atoms with E-state index in [1.54, 1.807) is 0 Å². The van der Waals surface area contributed by atoms with E-state index in [1.165, 1.54) is 51.4 Å². The number of carbonyl (C=O) groups excluding carboxylic acids is 1. The molecule has 0 aromatic heterocycles. The Balaban J connectivity index is 3.88. The Kier molecular flexibility index (Phi) is 20.5. The van der Waals surface area contributed by atoms with Gasteiger partial charge in [0.25, 0.3) is 0 Å². The molecule has 0 heterocycles. The fraction of sp³-hybridized carbons (Fsp3) is 0.875. The van der Waals surface area contributed by atoms with Crippen LogP contribution in [0.2, 0.25) is 0 Å². The van der Waals surface area contributed by atoms with Crippen molar-refractivity contribution in [1.29, 1.82) is 0 Å². The van der Waals surface area contributed by atoms with Gasteiger partial charge in [-0.25, -0.2) is 4.79 Å². The molecule has 0 spiro atoms. The molecule has 0 aromatic carbocycles. The molecule has 1 atom stereocenters. The van der Waals surface area contributed by atoms with E-state index in [2.05, 4.69) is 32.6 Å². The predicted octanol–water partition coefficient (Wildman–Crippen LogP) is 6.83. The van der Waals surface area contributed by atoms with Gasteiger partial charge in [0.1, 0.15) is 0 Å². The maximum Gasteiger partial charge on any atom is 0.336 e. The Morgan fingerprint density at radius 3 is 1.89 bits per heavy atom. The number of esters is 1. The van der Waals surface area contributed by atoms with Gasteiger partial charge >= 0.3 is 5.97 Å². The third-order valence-electron chi connectivity index (χ3n) is 4.64. The molecule has 3 nitrogen and oxygen atoms in total. The summed E-state index contributed by atoms with van der Waals surface area (Å²) in [6.45, 7) is 7.54. The lowest BCUT2D eigenvalue weighted by molar-refractivity contribution is -0.157. The second kappa shape index (κ2) is 21.3. The molecule has 0 aliphatic rings. The monoisotopic (exact) mass is 380 g/mol. The summed E-state index contributed by atoms with van der Waals surface area (Å²) in [6, 6.07) is 0. The molecule has 0 radical (unpaired) electrons. The van der Waals surface area contributed by atoms with Crippen molar-refractivity contribution in [2.45, 2.75) is 123 Å². The molecule has 0 saturated heterocycles. The zero-order valence-electron chi connectivity index (χ0n) is 18.3. The molecule has 0 saturated carbocycles. The summed E-state index contributed by atoms with van der Waals surface area (Å²) in [6.07, 6.45) is 16.7. The Bertz CT molecular complexity index is 381. The van der Waals surface area contributed by atoms with Crippen LogP contribution in [0.25, 0.3) is 0 Å². The van der Waals surface area contributed by atoms with Gasteiger partial charge in [0, 0.05) is 19.4 Å². The smallest absolute Gasteiger partial charge is 0.336 e. The van der Waals surface area contributed by atoms with Crippen LogP contribution in [0.15, 0.2) is 0 Å². The topological polar surface area (TPSA) is 35.5 Å². The van der Waals surface area contributed by atoms with Gasteiger partial charge in [-0.15, -0.1) is 5.92 Å². The second-order valence-corrected chi connectivity index (χ2v) is 7.37. The van der Waals surface area contributed by atoms with Crippen molar-refractivity contribution in [3.05, 3.63) is 0 Å². The quantitative estimate of drug-likeness (QED) is 0.148. The number of rotatable bonds is 18. The van der Waals surface area contributed by atoms with Crippen LogP contribution in [0.5, 0.6) is 0 Å². The first kappa shape index (κ1) is 26.0. The van der Waals surface area contributed by atoms with Gasteiger partial charge in [0.2, 0.25) is 0 Å². The third kappa shape index (κ3) is 18.1. The van der Waals surface area contributed by atoms with Gasteiger partial charge in [0.15, 0.2) is 6.10 Å². The van der Waals surface area contributed by atoms with Crippen LogP contribution in [0.3, 0.4) is 0 Å². The fourth-order valence-electron chi connectivity index (χ4n) is 2.77.